The number of thiophene rings is 1. The largest absolute Gasteiger partial charge is 0.462 e. The number of furan rings is 1. The van der Waals surface area contributed by atoms with Crippen molar-refractivity contribution in [3.05, 3.63) is 70.8 Å². The van der Waals surface area contributed by atoms with E-state index in [4.69, 9.17) is 9.15 Å². The number of benzene rings is 1. The molecule has 1 aromatic carbocycles. The van der Waals surface area contributed by atoms with Gasteiger partial charge in [-0.3, -0.25) is 14.6 Å². The summed E-state index contributed by atoms with van der Waals surface area (Å²) in [6, 6.07) is 13.9. The maximum Gasteiger partial charge on any atom is 0.341 e. The van der Waals surface area contributed by atoms with Crippen molar-refractivity contribution >= 4 is 34.3 Å². The zero-order valence-electron chi connectivity index (χ0n) is 20.2. The van der Waals surface area contributed by atoms with Gasteiger partial charge in [-0.25, -0.2) is 4.79 Å². The molecule has 1 saturated heterocycles. The predicted molar refractivity (Wildman–Crippen MR) is 140 cm³/mol. The van der Waals surface area contributed by atoms with E-state index in [0.29, 0.717) is 21.9 Å². The van der Waals surface area contributed by atoms with Crippen LogP contribution in [-0.2, 0) is 9.53 Å². The third kappa shape index (κ3) is 6.69. The monoisotopic (exact) mass is 493 g/mol. The molecule has 0 saturated carbocycles. The standard InChI is InChI=1S/C27H31N3O4S/c1-3-33-27(32)25-22(23-12-11-20(2)34-23)19-35-26(25)28-24(31)18-30-16-14-29(15-17-30)13-7-10-21-8-5-4-6-9-21/h4-12,19H,3,13-18H2,1-2H3,(H,28,31). The van der Waals surface area contributed by atoms with E-state index in [-0.39, 0.29) is 19.1 Å². The lowest BCUT2D eigenvalue weighted by molar-refractivity contribution is -0.117. The minimum absolute atomic E-state index is 0.142. The van der Waals surface area contributed by atoms with E-state index in [1.165, 1.54) is 16.9 Å². The summed E-state index contributed by atoms with van der Waals surface area (Å²) in [4.78, 5) is 30.0. The van der Waals surface area contributed by atoms with Gasteiger partial charge in [0, 0.05) is 43.7 Å². The molecule has 8 heteroatoms. The molecule has 2 aromatic heterocycles. The van der Waals surface area contributed by atoms with Crippen LogP contribution in [0.15, 0.2) is 58.3 Å². The summed E-state index contributed by atoms with van der Waals surface area (Å²) in [5, 5.41) is 5.24. The molecule has 7 nitrogen and oxygen atoms in total. The molecule has 35 heavy (non-hydrogen) atoms. The highest BCUT2D eigenvalue weighted by molar-refractivity contribution is 7.15. The van der Waals surface area contributed by atoms with Crippen LogP contribution >= 0.6 is 11.3 Å². The first-order chi connectivity index (χ1) is 17.0. The van der Waals surface area contributed by atoms with Gasteiger partial charge in [0.05, 0.1) is 13.2 Å². The van der Waals surface area contributed by atoms with Crippen LogP contribution in [0.25, 0.3) is 17.4 Å². The van der Waals surface area contributed by atoms with Crippen molar-refractivity contribution in [2.75, 3.05) is 51.2 Å². The van der Waals surface area contributed by atoms with Crippen molar-refractivity contribution < 1.29 is 18.7 Å². The second-order valence-electron chi connectivity index (χ2n) is 8.42. The molecule has 0 spiro atoms. The number of amides is 1. The molecule has 3 aromatic rings. The Labute approximate surface area is 210 Å². The number of carbonyl (C=O) groups excluding carboxylic acids is 2. The van der Waals surface area contributed by atoms with E-state index in [0.717, 1.165) is 38.5 Å². The Morgan fingerprint density at radius 3 is 2.51 bits per heavy atom. The first kappa shape index (κ1) is 24.9. The molecular formula is C27H31N3O4S. The molecule has 0 aliphatic carbocycles. The number of nitrogens with one attached hydrogen (secondary N) is 1. The van der Waals surface area contributed by atoms with Crippen molar-refractivity contribution in [3.63, 3.8) is 0 Å². The number of rotatable bonds is 9. The van der Waals surface area contributed by atoms with Crippen LogP contribution in [0.1, 0.15) is 28.6 Å². The number of esters is 1. The lowest BCUT2D eigenvalue weighted by Gasteiger charge is -2.33. The normalized spacial score (nSPS) is 14.9. The molecule has 1 aliphatic rings. The third-order valence-electron chi connectivity index (χ3n) is 5.83. The highest BCUT2D eigenvalue weighted by Gasteiger charge is 2.25. The number of anilines is 1. The molecule has 1 fully saturated rings. The van der Waals surface area contributed by atoms with E-state index in [1.807, 2.05) is 42.6 Å². The van der Waals surface area contributed by atoms with Crippen molar-refractivity contribution in [2.45, 2.75) is 13.8 Å². The number of ether oxygens (including phenoxy) is 1. The zero-order chi connectivity index (χ0) is 24.6. The number of nitrogens with zero attached hydrogens (tertiary/aromatic N) is 2. The van der Waals surface area contributed by atoms with Gasteiger partial charge in [-0.1, -0.05) is 42.5 Å². The molecule has 0 unspecified atom stereocenters. The quantitative estimate of drug-likeness (QED) is 0.433. The molecule has 1 amide bonds. The number of carbonyl (C=O) groups is 2. The summed E-state index contributed by atoms with van der Waals surface area (Å²) in [6.07, 6.45) is 4.32. The molecule has 0 atom stereocenters. The van der Waals surface area contributed by atoms with Crippen LogP contribution in [0.3, 0.4) is 0 Å². The van der Waals surface area contributed by atoms with Gasteiger partial charge in [0.2, 0.25) is 5.91 Å². The minimum Gasteiger partial charge on any atom is -0.462 e. The van der Waals surface area contributed by atoms with Crippen LogP contribution in [0.5, 0.6) is 0 Å². The van der Waals surface area contributed by atoms with E-state index < -0.39 is 5.97 Å². The number of aryl methyl sites for hydroxylation is 1. The maximum atomic E-state index is 12.8. The van der Waals surface area contributed by atoms with Gasteiger partial charge in [0.1, 0.15) is 22.1 Å². The zero-order valence-corrected chi connectivity index (χ0v) is 21.0. The van der Waals surface area contributed by atoms with E-state index in [1.54, 1.807) is 6.92 Å². The topological polar surface area (TPSA) is 75.0 Å². The second-order valence-corrected chi connectivity index (χ2v) is 9.30. The fourth-order valence-corrected chi connectivity index (χ4v) is 4.97. The Balaban J connectivity index is 1.31. The third-order valence-corrected chi connectivity index (χ3v) is 6.73. The van der Waals surface area contributed by atoms with Gasteiger partial charge in [-0.05, 0) is 31.5 Å². The molecule has 184 valence electrons. The second kappa shape index (κ2) is 12.0. The molecule has 3 heterocycles. The molecule has 0 bridgehead atoms. The first-order valence-corrected chi connectivity index (χ1v) is 12.7. The SMILES string of the molecule is CCOC(=O)c1c(-c2ccc(C)o2)csc1NC(=O)CN1CCN(CC=Cc2ccccc2)CC1. The van der Waals surface area contributed by atoms with Crippen molar-refractivity contribution in [1.29, 1.82) is 0 Å². The smallest absolute Gasteiger partial charge is 0.341 e. The maximum absolute atomic E-state index is 12.8. The average Bonchev–Trinajstić information content (AvgIpc) is 3.47. The summed E-state index contributed by atoms with van der Waals surface area (Å²) >= 11 is 1.31. The van der Waals surface area contributed by atoms with E-state index >= 15 is 0 Å². The number of hydrogen-bond donors (Lipinski definition) is 1. The Bertz CT molecular complexity index is 1160. The van der Waals surface area contributed by atoms with Gasteiger partial charge in [-0.15, -0.1) is 11.3 Å². The fourth-order valence-electron chi connectivity index (χ4n) is 4.02. The summed E-state index contributed by atoms with van der Waals surface area (Å²) < 4.78 is 11.0. The summed E-state index contributed by atoms with van der Waals surface area (Å²) in [5.41, 5.74) is 2.17. The molecule has 1 N–H and O–H groups in total. The molecule has 1 aliphatic heterocycles. The average molecular weight is 494 g/mol. The van der Waals surface area contributed by atoms with Crippen molar-refractivity contribution in [1.82, 2.24) is 9.80 Å². The highest BCUT2D eigenvalue weighted by atomic mass is 32.1. The first-order valence-electron chi connectivity index (χ1n) is 11.8. The van der Waals surface area contributed by atoms with Gasteiger partial charge in [0.25, 0.3) is 0 Å². The summed E-state index contributed by atoms with van der Waals surface area (Å²) in [7, 11) is 0. The highest BCUT2D eigenvalue weighted by Crippen LogP contribution is 2.37. The lowest BCUT2D eigenvalue weighted by Crippen LogP contribution is -2.48. The lowest BCUT2D eigenvalue weighted by atomic mass is 10.1. The van der Waals surface area contributed by atoms with Crippen molar-refractivity contribution in [3.8, 4) is 11.3 Å². The van der Waals surface area contributed by atoms with Gasteiger partial charge in [-0.2, -0.15) is 0 Å². The minimum atomic E-state index is -0.467. The fraction of sp³-hybridized carbons (Fsp3) is 0.333. The number of piperazine rings is 1. The Morgan fingerprint density at radius 2 is 1.83 bits per heavy atom. The molecular weight excluding hydrogens is 462 g/mol. The van der Waals surface area contributed by atoms with Crippen LogP contribution in [0.4, 0.5) is 5.00 Å². The number of hydrogen-bond acceptors (Lipinski definition) is 7. The van der Waals surface area contributed by atoms with Crippen LogP contribution in [-0.4, -0.2) is 67.6 Å². The van der Waals surface area contributed by atoms with Crippen LogP contribution in [0.2, 0.25) is 0 Å². The van der Waals surface area contributed by atoms with Gasteiger partial charge >= 0.3 is 5.97 Å². The molecule has 4 rings (SSSR count). The predicted octanol–water partition coefficient (Wildman–Crippen LogP) is 4.76. The van der Waals surface area contributed by atoms with Crippen LogP contribution in [0, 0.1) is 6.92 Å². The Kier molecular flexibility index (Phi) is 8.52. The van der Waals surface area contributed by atoms with E-state index in [2.05, 4.69) is 39.4 Å². The summed E-state index contributed by atoms with van der Waals surface area (Å²) in [5.74, 6) is 0.725. The van der Waals surface area contributed by atoms with Crippen molar-refractivity contribution in [2.24, 2.45) is 0 Å². The van der Waals surface area contributed by atoms with Crippen LogP contribution < -0.4 is 5.32 Å². The Hall–Kier alpha value is -3.20. The van der Waals surface area contributed by atoms with E-state index in [9.17, 15) is 9.59 Å². The van der Waals surface area contributed by atoms with Gasteiger partial charge in [0.15, 0.2) is 0 Å². The summed E-state index contributed by atoms with van der Waals surface area (Å²) in [6.45, 7) is 8.48. The van der Waals surface area contributed by atoms with Gasteiger partial charge < -0.3 is 14.5 Å². The molecule has 0 radical (unpaired) electrons. The Morgan fingerprint density at radius 1 is 1.09 bits per heavy atom.